The Morgan fingerprint density at radius 2 is 0.710 bits per heavy atom. The van der Waals surface area contributed by atoms with Gasteiger partial charge in [0.05, 0.1) is 74.1 Å². The lowest BCUT2D eigenvalue weighted by atomic mass is 9.95. The van der Waals surface area contributed by atoms with Crippen molar-refractivity contribution < 1.29 is 69.6 Å². The molecule has 42 heteroatoms. The van der Waals surface area contributed by atoms with Gasteiger partial charge in [0, 0.05) is 112 Å². The molecule has 19 rings (SSSR count). The van der Waals surface area contributed by atoms with E-state index in [0.717, 1.165) is 41.6 Å². The summed E-state index contributed by atoms with van der Waals surface area (Å²) in [6, 6.07) is -1.42. The van der Waals surface area contributed by atoms with E-state index in [2.05, 4.69) is 176 Å². The lowest BCUT2D eigenvalue weighted by Crippen LogP contribution is -2.54. The highest BCUT2D eigenvalue weighted by molar-refractivity contribution is 6.04. The van der Waals surface area contributed by atoms with Crippen molar-refractivity contribution in [1.29, 1.82) is 0 Å². The van der Waals surface area contributed by atoms with Gasteiger partial charge in [0.2, 0.25) is 23.6 Å². The Morgan fingerprint density at radius 3 is 1.05 bits per heavy atom. The number of aliphatic imine (C=N–C) groups is 8. The number of carbonyl (C=O) groups excluding carboxylic acids is 6. The van der Waals surface area contributed by atoms with Crippen molar-refractivity contribution in [3.8, 4) is 0 Å². The molecule has 684 valence electrons. The number of aliphatic hydroxyl groups is 8. The summed E-state index contributed by atoms with van der Waals surface area (Å²) >= 11 is 0. The van der Waals surface area contributed by atoms with E-state index in [-0.39, 0.29) is 199 Å². The number of amides is 6. The topological polar surface area (TPSA) is 598 Å². The molecule has 0 aromatic carbocycles. The first-order valence-corrected chi connectivity index (χ1v) is 41.9. The van der Waals surface area contributed by atoms with Crippen LogP contribution < -0.4 is 70.8 Å². The Morgan fingerprint density at radius 1 is 0.379 bits per heavy atom. The summed E-state index contributed by atoms with van der Waals surface area (Å²) < 4.78 is 0. The highest BCUT2D eigenvalue weighted by Gasteiger charge is 2.62. The molecule has 124 heavy (non-hydrogen) atoms. The van der Waals surface area contributed by atoms with Gasteiger partial charge < -0.3 is 125 Å². The van der Waals surface area contributed by atoms with E-state index in [1.807, 2.05) is 63.4 Å². The van der Waals surface area contributed by atoms with Crippen LogP contribution in [-0.2, 0) is 28.8 Å². The van der Waals surface area contributed by atoms with E-state index in [4.69, 9.17) is 22.9 Å². The fourth-order valence-electron chi connectivity index (χ4n) is 19.5. The molecule has 0 spiro atoms. The van der Waals surface area contributed by atoms with Crippen LogP contribution in [0.5, 0.6) is 0 Å². The maximum absolute atomic E-state index is 12.5. The van der Waals surface area contributed by atoms with Gasteiger partial charge in [0.25, 0.3) is 11.8 Å². The summed E-state index contributed by atoms with van der Waals surface area (Å²) in [4.78, 5) is 120. The molecule has 0 aromatic heterocycles. The normalized spacial score (nSPS) is 38.8. The molecule has 25 N–H and O–H groups in total. The van der Waals surface area contributed by atoms with Gasteiger partial charge in [-0.1, -0.05) is 27.0 Å². The zero-order chi connectivity index (χ0) is 88.5. The Hall–Kier alpha value is -9.60. The number of guanidine groups is 4. The van der Waals surface area contributed by atoms with Crippen molar-refractivity contribution in [3.05, 3.63) is 59.2 Å². The lowest BCUT2D eigenvalue weighted by Gasteiger charge is -2.38. The summed E-state index contributed by atoms with van der Waals surface area (Å²) in [5.41, 5.74) is 25.8. The van der Waals surface area contributed by atoms with E-state index in [1.54, 1.807) is 38.2 Å². The Balaban J connectivity index is 0.000000137. The fraction of sp³-hybridized carbons (Fsp3) is 0.707. The van der Waals surface area contributed by atoms with E-state index in [0.29, 0.717) is 43.9 Å². The number of rotatable bonds is 12. The minimum absolute atomic E-state index is 0. The molecule has 0 radical (unpaired) electrons. The van der Waals surface area contributed by atoms with Crippen LogP contribution >= 0.6 is 0 Å². The number of fused-ring (bicyclic) bond motifs is 9. The number of nitrogens with one attached hydrogen (secondary N) is 9. The highest BCUT2D eigenvalue weighted by atomic mass is 16.3. The quantitative estimate of drug-likeness (QED) is 0.0809. The second kappa shape index (κ2) is 35.3. The first kappa shape index (κ1) is 93.6. The molecule has 30 unspecified atom stereocenters. The number of hydrogen-bond donors (Lipinski definition) is 21. The third-order valence-electron chi connectivity index (χ3n) is 26.3. The van der Waals surface area contributed by atoms with Gasteiger partial charge in [-0.05, 0) is 160 Å². The van der Waals surface area contributed by atoms with E-state index in [9.17, 15) is 69.6 Å². The predicted molar refractivity (Wildman–Crippen MR) is 465 cm³/mol. The second-order valence-corrected chi connectivity index (χ2v) is 38.9. The zero-order valence-corrected chi connectivity index (χ0v) is 71.6. The maximum Gasteiger partial charge on any atom is 0.256 e. The van der Waals surface area contributed by atoms with Crippen LogP contribution in [0.3, 0.4) is 0 Å². The number of aliphatic hydroxyl groups excluding tert-OH is 8. The minimum atomic E-state index is -0.879. The molecule has 6 amide bonds. The molecule has 12 aliphatic heterocycles. The average molecular weight is 1730 g/mol. The van der Waals surface area contributed by atoms with Crippen LogP contribution in [0.4, 0.5) is 0 Å². The Labute approximate surface area is 723 Å². The summed E-state index contributed by atoms with van der Waals surface area (Å²) in [7, 11) is 5.44. The van der Waals surface area contributed by atoms with Crippen molar-refractivity contribution in [2.45, 2.75) is 261 Å². The highest BCUT2D eigenvalue weighted by Crippen LogP contribution is 2.54. The van der Waals surface area contributed by atoms with Gasteiger partial charge in [-0.3, -0.25) is 60.0 Å². The number of carbonyl (C=O) groups is 6. The number of likely N-dealkylation sites (N-methyl/N-ethyl adjacent to an activating group) is 1. The van der Waals surface area contributed by atoms with Crippen molar-refractivity contribution >= 4 is 84.6 Å². The fourth-order valence-corrected chi connectivity index (χ4v) is 19.5. The van der Waals surface area contributed by atoms with Crippen molar-refractivity contribution in [3.63, 3.8) is 0 Å². The van der Waals surface area contributed by atoms with Gasteiger partial charge in [-0.2, -0.15) is 0 Å². The van der Waals surface area contributed by atoms with Crippen LogP contribution in [0.2, 0.25) is 0 Å². The zero-order valence-electron chi connectivity index (χ0n) is 71.6. The lowest BCUT2D eigenvalue weighted by molar-refractivity contribution is -0.129. The molecule has 0 bridgehead atoms. The van der Waals surface area contributed by atoms with Gasteiger partial charge in [-0.15, -0.1) is 0 Å². The average Bonchev–Trinajstić information content (AvgIpc) is 1.58. The summed E-state index contributed by atoms with van der Waals surface area (Å²) in [5.74, 6) is 0.0591. The first-order valence-electron chi connectivity index (χ1n) is 41.9. The molecule has 30 atom stereocenters. The smallest absolute Gasteiger partial charge is 0.256 e. The molecule has 0 saturated heterocycles. The molecule has 42 nitrogen and oxygen atoms in total. The third-order valence-corrected chi connectivity index (χ3v) is 26.3. The van der Waals surface area contributed by atoms with Crippen molar-refractivity contribution in [2.75, 3.05) is 47.3 Å². The molecule has 0 aromatic rings. The van der Waals surface area contributed by atoms with Crippen LogP contribution in [-0.4, -0.2) is 351 Å². The second-order valence-electron chi connectivity index (χ2n) is 38.9. The van der Waals surface area contributed by atoms with E-state index < -0.39 is 60.7 Å². The number of nitrogens with zero attached hydrogens (tertiary/aromatic N) is 15. The van der Waals surface area contributed by atoms with Crippen LogP contribution in [0, 0.1) is 59.2 Å². The van der Waals surface area contributed by atoms with E-state index >= 15 is 0 Å². The van der Waals surface area contributed by atoms with E-state index in [1.165, 1.54) is 11.2 Å². The predicted octanol–water partition coefficient (Wildman–Crippen LogP) is -6.04. The SMILES string of the molecule is C.C.CC(C)(C)N1C=C(CNC2C(O)C(O)C3CC32)C2C(=O)NC(N)=NC21.CC(C)(C)N1C=C(CNC2C=CC(O)C2O)C2C(=O)NC(N)=NC21.CC(C)(C)N1C=NC2C(=O)NC=NC21.CN1C=C(CNC2C(O)C(O)C3CC32)C2C(=O)NC(N)=NC21.CN1C=C(CNC2C(O)C(O)C3CC32)C2C(=O)NC(N)=NC21.CN1C=NC2C(N=CN2C(C)(C)C)C1=O. The molecular formula is C82H132N28O14. The summed E-state index contributed by atoms with van der Waals surface area (Å²) in [5, 5.41) is 106. The van der Waals surface area contributed by atoms with Crippen LogP contribution in [0.1, 0.15) is 117 Å². The minimum Gasteiger partial charge on any atom is -0.390 e. The van der Waals surface area contributed by atoms with Crippen molar-refractivity contribution in [1.82, 2.24) is 82.2 Å². The number of nitrogens with two attached hydrogens (primary N) is 4. The van der Waals surface area contributed by atoms with Crippen molar-refractivity contribution in [2.24, 2.45) is 122 Å². The third kappa shape index (κ3) is 18.5. The Bertz CT molecular complexity index is 4400. The Kier molecular flexibility index (Phi) is 26.6. The maximum atomic E-state index is 12.5. The van der Waals surface area contributed by atoms with Gasteiger partial charge in [-0.25, -0.2) is 30.0 Å². The number of hydrogen-bond acceptors (Lipinski definition) is 36. The molecule has 12 heterocycles. The molecule has 6 fully saturated rings. The monoisotopic (exact) mass is 1730 g/mol. The molecule has 7 aliphatic carbocycles. The first-order chi connectivity index (χ1) is 57.2. The molecule has 19 aliphatic rings. The molecular weight excluding hydrogens is 1600 g/mol. The van der Waals surface area contributed by atoms with Gasteiger partial charge in [0.1, 0.15) is 54.4 Å². The van der Waals surface area contributed by atoms with Gasteiger partial charge >= 0.3 is 0 Å². The van der Waals surface area contributed by atoms with Gasteiger partial charge in [0.15, 0.2) is 48.3 Å². The standard InChI is InChI=1S/C17H27N5O3.C16H25N5O3.2C14H21N5O3.C10H16N4O.C9H14N4O.2CH4/c1-17(2,3)22-6-7(10-14(22)20-16(18)21-15(10)25)5-19-11-8-4-9(8)12(23)13(11)24;1-16(2,3)21-7-8(6-18-9-4-5-10(22)12(9)23)11-13(21)19-15(17)20-14(11)24;2*1-19-4-5(8-12(19)17-14(15)18-13(8)22)3-16-9-6-2-7(6)10(20)11(9)21;1-10(2,3)14-6-11-7-8(14)12-5-13(4)9(7)15;1-9(2,3)13-5-12-6-7(13)10-4-11-8(6)14;;/h6,8-14,19,23-24H,4-5H2,1-3H3,(H3,18,20,21,25);4-5,7,9-13,18,22-23H,6H2,1-3H3,(H3,17,19,20,24);2*4,6-12,16,20-21H,2-3H2,1H3,(H3,15,17,18,22);5-8H,1-4H3;4-7H,1-3H3,(H,10,11,14);2*1H4. The summed E-state index contributed by atoms with van der Waals surface area (Å²) in [6.45, 7) is 26.7. The van der Waals surface area contributed by atoms with Crippen LogP contribution in [0.15, 0.2) is 99.2 Å². The summed E-state index contributed by atoms with van der Waals surface area (Å²) in [6.07, 6.45) is 13.0. The molecule has 6 saturated carbocycles. The van der Waals surface area contributed by atoms with Crippen LogP contribution in [0.25, 0.3) is 0 Å². The largest absolute Gasteiger partial charge is 0.390 e.